The molecular weight excluding hydrogens is 232 g/mol. The lowest BCUT2D eigenvalue weighted by Crippen LogP contribution is -2.64. The van der Waals surface area contributed by atoms with Gasteiger partial charge in [0.05, 0.1) is 24.3 Å². The van der Waals surface area contributed by atoms with Crippen LogP contribution in [0.5, 0.6) is 0 Å². The third-order valence-corrected chi connectivity index (χ3v) is 3.25. The van der Waals surface area contributed by atoms with Crippen LogP contribution >= 0.6 is 0 Å². The van der Waals surface area contributed by atoms with Crippen molar-refractivity contribution in [2.45, 2.75) is 49.2 Å². The topological polar surface area (TPSA) is 152 Å². The third kappa shape index (κ3) is 1.73. The van der Waals surface area contributed by atoms with Crippen LogP contribution in [0.3, 0.4) is 0 Å². The van der Waals surface area contributed by atoms with Crippen LogP contribution in [-0.4, -0.2) is 63.6 Å². The lowest BCUT2D eigenvalue weighted by Gasteiger charge is -2.37. The molecule has 2 rings (SSSR count). The van der Waals surface area contributed by atoms with Crippen LogP contribution in [0.15, 0.2) is 0 Å². The van der Waals surface area contributed by atoms with E-state index in [0.29, 0.717) is 0 Å². The lowest BCUT2D eigenvalue weighted by molar-refractivity contribution is -0.185. The number of rotatable bonds is 3. The van der Waals surface area contributed by atoms with Gasteiger partial charge in [-0.15, -0.1) is 0 Å². The molecular formula is C9H16N2O6. The molecule has 7 atom stereocenters. The van der Waals surface area contributed by atoms with Crippen LogP contribution in [0.1, 0.15) is 6.92 Å². The van der Waals surface area contributed by atoms with Gasteiger partial charge in [-0.25, -0.2) is 4.79 Å². The Bertz CT molecular complexity index is 337. The number of ether oxygens (including phenoxy) is 2. The molecule has 2 aliphatic rings. The second-order valence-corrected chi connectivity index (χ2v) is 4.48. The van der Waals surface area contributed by atoms with Gasteiger partial charge in [-0.2, -0.15) is 0 Å². The van der Waals surface area contributed by atoms with E-state index in [9.17, 15) is 15.0 Å². The Morgan fingerprint density at radius 1 is 1.47 bits per heavy atom. The first-order valence-corrected chi connectivity index (χ1v) is 5.27. The highest BCUT2D eigenvalue weighted by molar-refractivity contribution is 5.80. The van der Waals surface area contributed by atoms with E-state index in [1.807, 2.05) is 0 Å². The van der Waals surface area contributed by atoms with E-state index in [1.54, 1.807) is 0 Å². The van der Waals surface area contributed by atoms with Crippen molar-refractivity contribution in [2.24, 2.45) is 11.5 Å². The number of aliphatic hydroxyl groups is 2. The van der Waals surface area contributed by atoms with Gasteiger partial charge in [0.2, 0.25) is 0 Å². The molecule has 8 heteroatoms. The van der Waals surface area contributed by atoms with Crippen molar-refractivity contribution >= 4 is 5.97 Å². The second kappa shape index (κ2) is 3.87. The number of fused-ring (bicyclic) bond motifs is 1. The van der Waals surface area contributed by atoms with Crippen LogP contribution in [0.2, 0.25) is 0 Å². The zero-order valence-corrected chi connectivity index (χ0v) is 9.19. The van der Waals surface area contributed by atoms with Crippen LogP contribution in [-0.2, 0) is 14.3 Å². The van der Waals surface area contributed by atoms with Crippen molar-refractivity contribution in [3.05, 3.63) is 0 Å². The number of hydrogen-bond donors (Lipinski definition) is 5. The quantitative estimate of drug-likeness (QED) is 0.330. The van der Waals surface area contributed by atoms with Crippen molar-refractivity contribution in [3.8, 4) is 0 Å². The lowest BCUT2D eigenvalue weighted by atomic mass is 9.90. The molecule has 2 aliphatic heterocycles. The highest BCUT2D eigenvalue weighted by Gasteiger charge is 2.73. The Kier molecular flexibility index (Phi) is 2.89. The molecule has 0 bridgehead atoms. The Labute approximate surface area is 97.1 Å². The van der Waals surface area contributed by atoms with Crippen molar-refractivity contribution in [1.29, 1.82) is 0 Å². The highest BCUT2D eigenvalue weighted by Crippen LogP contribution is 2.46. The molecule has 17 heavy (non-hydrogen) atoms. The summed E-state index contributed by atoms with van der Waals surface area (Å²) >= 11 is 0. The Morgan fingerprint density at radius 2 is 2.06 bits per heavy atom. The van der Waals surface area contributed by atoms with Gasteiger partial charge in [-0.05, 0) is 6.92 Å². The maximum Gasteiger partial charge on any atom is 0.367 e. The molecule has 7 N–H and O–H groups in total. The molecule has 0 aromatic rings. The number of carboxylic acids is 1. The molecule has 0 saturated carbocycles. The van der Waals surface area contributed by atoms with E-state index >= 15 is 0 Å². The van der Waals surface area contributed by atoms with Gasteiger partial charge < -0.3 is 36.3 Å². The fraction of sp³-hybridized carbons (Fsp3) is 0.889. The van der Waals surface area contributed by atoms with E-state index in [4.69, 9.17) is 26.0 Å². The predicted molar refractivity (Wildman–Crippen MR) is 53.8 cm³/mol. The third-order valence-electron chi connectivity index (χ3n) is 3.25. The van der Waals surface area contributed by atoms with E-state index in [-0.39, 0.29) is 0 Å². The van der Waals surface area contributed by atoms with Crippen molar-refractivity contribution in [3.63, 3.8) is 0 Å². The zero-order chi connectivity index (χ0) is 13.0. The molecule has 98 valence electrons. The summed E-state index contributed by atoms with van der Waals surface area (Å²) in [4.78, 5) is 11.0. The molecule has 0 aromatic heterocycles. The Hall–Kier alpha value is -0.770. The number of epoxide rings is 1. The van der Waals surface area contributed by atoms with Crippen LogP contribution in [0.25, 0.3) is 0 Å². The van der Waals surface area contributed by atoms with E-state index in [2.05, 4.69) is 0 Å². The Morgan fingerprint density at radius 3 is 2.53 bits per heavy atom. The average Bonchev–Trinajstić information content (AvgIpc) is 2.98. The fourth-order valence-electron chi connectivity index (χ4n) is 2.05. The number of aliphatic hydroxyl groups excluding tert-OH is 2. The molecule has 2 fully saturated rings. The van der Waals surface area contributed by atoms with Gasteiger partial charge >= 0.3 is 5.97 Å². The maximum absolute atomic E-state index is 11.0. The standard InChI is InChI=1S/C9H16N2O6/c1-2(12)3(10)6-4(11)5(13)7-9(16-6,17-7)8(14)15/h2-7,12-13H,10-11H2,1H3,(H,14,15)/t2-,3-,4-,5+,6-,7-,9+/m0/s1. The molecule has 0 aliphatic carbocycles. The number of aliphatic carboxylic acids is 1. The number of carbonyl (C=O) groups is 1. The first-order chi connectivity index (χ1) is 7.81. The first kappa shape index (κ1) is 12.7. The molecule has 0 radical (unpaired) electrons. The average molecular weight is 248 g/mol. The number of nitrogens with two attached hydrogens (primary N) is 2. The summed E-state index contributed by atoms with van der Waals surface area (Å²) in [6.07, 6.45) is -4.10. The van der Waals surface area contributed by atoms with E-state index < -0.39 is 48.3 Å². The summed E-state index contributed by atoms with van der Waals surface area (Å²) in [5.74, 6) is -3.21. The van der Waals surface area contributed by atoms with Crippen LogP contribution < -0.4 is 11.5 Å². The number of carboxylic acid groups (broad SMARTS) is 1. The normalized spacial score (nSPS) is 48.1. The van der Waals surface area contributed by atoms with Crippen molar-refractivity contribution < 1.29 is 29.6 Å². The molecule has 2 heterocycles. The van der Waals surface area contributed by atoms with E-state index in [0.717, 1.165) is 0 Å². The van der Waals surface area contributed by atoms with Gasteiger partial charge in [-0.3, -0.25) is 0 Å². The van der Waals surface area contributed by atoms with Crippen molar-refractivity contribution in [2.75, 3.05) is 0 Å². The maximum atomic E-state index is 11.0. The van der Waals surface area contributed by atoms with Gasteiger partial charge in [0.15, 0.2) is 6.10 Å². The van der Waals surface area contributed by atoms with Gasteiger partial charge in [0, 0.05) is 0 Å². The minimum atomic E-state index is -1.87. The summed E-state index contributed by atoms with van der Waals surface area (Å²) in [7, 11) is 0. The highest BCUT2D eigenvalue weighted by atomic mass is 16.8. The monoisotopic (exact) mass is 248 g/mol. The van der Waals surface area contributed by atoms with Crippen LogP contribution in [0.4, 0.5) is 0 Å². The molecule has 0 unspecified atom stereocenters. The van der Waals surface area contributed by atoms with Gasteiger partial charge in [0.25, 0.3) is 5.79 Å². The summed E-state index contributed by atoms with van der Waals surface area (Å²) in [6, 6.07) is -1.81. The summed E-state index contributed by atoms with van der Waals surface area (Å²) in [6.45, 7) is 1.43. The molecule has 0 aromatic carbocycles. The summed E-state index contributed by atoms with van der Waals surface area (Å²) in [5, 5.41) is 28.1. The van der Waals surface area contributed by atoms with E-state index in [1.165, 1.54) is 6.92 Å². The molecule has 8 nitrogen and oxygen atoms in total. The number of hydrogen-bond acceptors (Lipinski definition) is 7. The van der Waals surface area contributed by atoms with Gasteiger partial charge in [0.1, 0.15) is 6.10 Å². The second-order valence-electron chi connectivity index (χ2n) is 4.48. The van der Waals surface area contributed by atoms with Crippen LogP contribution in [0, 0.1) is 0 Å². The fourth-order valence-corrected chi connectivity index (χ4v) is 2.05. The summed E-state index contributed by atoms with van der Waals surface area (Å²) < 4.78 is 10.1. The Balaban J connectivity index is 2.20. The first-order valence-electron chi connectivity index (χ1n) is 5.27. The SMILES string of the molecule is C[C@H](O)[C@H](N)[C@@H]1O[C@@]2(C(=O)O)O[C@H]2[C@H](O)[C@@H]1N. The molecule has 0 amide bonds. The predicted octanol–water partition coefficient (Wildman–Crippen LogP) is -3.04. The van der Waals surface area contributed by atoms with Crippen molar-refractivity contribution in [1.82, 2.24) is 0 Å². The largest absolute Gasteiger partial charge is 0.477 e. The zero-order valence-electron chi connectivity index (χ0n) is 9.19. The minimum absolute atomic E-state index is 0.902. The molecule has 0 spiro atoms. The smallest absolute Gasteiger partial charge is 0.367 e. The summed E-state index contributed by atoms with van der Waals surface area (Å²) in [5.41, 5.74) is 11.4. The molecule has 2 saturated heterocycles. The minimum Gasteiger partial charge on any atom is -0.477 e. The van der Waals surface area contributed by atoms with Gasteiger partial charge in [-0.1, -0.05) is 0 Å².